The molecule has 0 atom stereocenters. The minimum atomic E-state index is -0.111. The lowest BCUT2D eigenvalue weighted by Gasteiger charge is -2.10. The molecule has 2 aromatic carbocycles. The standard InChI is InChI=1S/C23H18N4O2S/c1-14-6-5-9-20-24-17(12-21(28)27(14)20)13-30-23-25-19-11-16-8-4-3-7-15(16)10-18(19)22(29)26(23)2/h3-12H,13H2,1-2H3. The molecule has 0 spiro atoms. The predicted molar refractivity (Wildman–Crippen MR) is 120 cm³/mol. The van der Waals surface area contributed by atoms with Crippen LogP contribution < -0.4 is 11.1 Å². The summed E-state index contributed by atoms with van der Waals surface area (Å²) in [6.07, 6.45) is 0. The van der Waals surface area contributed by atoms with Gasteiger partial charge in [0.2, 0.25) is 0 Å². The van der Waals surface area contributed by atoms with Crippen molar-refractivity contribution in [1.82, 2.24) is 18.9 Å². The summed E-state index contributed by atoms with van der Waals surface area (Å²) in [5.41, 5.74) is 2.58. The largest absolute Gasteiger partial charge is 0.290 e. The van der Waals surface area contributed by atoms with Crippen LogP contribution in [-0.4, -0.2) is 18.9 Å². The van der Waals surface area contributed by atoms with Gasteiger partial charge in [-0.25, -0.2) is 9.97 Å². The Hall–Kier alpha value is -3.45. The van der Waals surface area contributed by atoms with Crippen molar-refractivity contribution in [2.45, 2.75) is 17.8 Å². The van der Waals surface area contributed by atoms with Crippen molar-refractivity contribution in [3.63, 3.8) is 0 Å². The molecule has 0 unspecified atom stereocenters. The van der Waals surface area contributed by atoms with E-state index in [1.54, 1.807) is 22.1 Å². The van der Waals surface area contributed by atoms with Crippen molar-refractivity contribution >= 4 is 39.1 Å². The highest BCUT2D eigenvalue weighted by Gasteiger charge is 2.12. The van der Waals surface area contributed by atoms with E-state index >= 15 is 0 Å². The molecular weight excluding hydrogens is 396 g/mol. The SMILES string of the molecule is Cc1cccc2nc(CSc3nc4cc5ccccc5cc4c(=O)n3C)cc(=O)n12. The highest BCUT2D eigenvalue weighted by Crippen LogP contribution is 2.24. The number of pyridine rings is 1. The normalized spacial score (nSPS) is 11.5. The topological polar surface area (TPSA) is 69.3 Å². The average molecular weight is 414 g/mol. The van der Waals surface area contributed by atoms with Crippen molar-refractivity contribution in [2.24, 2.45) is 7.05 Å². The number of rotatable bonds is 3. The summed E-state index contributed by atoms with van der Waals surface area (Å²) in [4.78, 5) is 34.7. The van der Waals surface area contributed by atoms with E-state index in [9.17, 15) is 9.59 Å². The first-order chi connectivity index (χ1) is 14.5. The number of aryl methyl sites for hydroxylation is 1. The Balaban J connectivity index is 1.55. The lowest BCUT2D eigenvalue weighted by Crippen LogP contribution is -2.20. The van der Waals surface area contributed by atoms with Crippen LogP contribution in [0.15, 0.2) is 75.4 Å². The maximum absolute atomic E-state index is 12.9. The van der Waals surface area contributed by atoms with E-state index in [2.05, 4.69) is 4.98 Å². The van der Waals surface area contributed by atoms with E-state index in [0.717, 1.165) is 16.5 Å². The van der Waals surface area contributed by atoms with E-state index in [0.29, 0.717) is 33.2 Å². The van der Waals surface area contributed by atoms with Crippen LogP contribution in [0.2, 0.25) is 0 Å². The molecule has 6 nitrogen and oxygen atoms in total. The fraction of sp³-hybridized carbons (Fsp3) is 0.130. The van der Waals surface area contributed by atoms with Gasteiger partial charge in [0.25, 0.3) is 11.1 Å². The lowest BCUT2D eigenvalue weighted by atomic mass is 10.1. The molecule has 3 heterocycles. The monoisotopic (exact) mass is 414 g/mol. The summed E-state index contributed by atoms with van der Waals surface area (Å²) in [5.74, 6) is 0.444. The molecule has 0 saturated heterocycles. The van der Waals surface area contributed by atoms with Crippen LogP contribution in [-0.2, 0) is 12.8 Å². The van der Waals surface area contributed by atoms with Crippen LogP contribution in [0.3, 0.4) is 0 Å². The molecule has 0 amide bonds. The summed E-state index contributed by atoms with van der Waals surface area (Å²) >= 11 is 1.40. The molecule has 0 N–H and O–H groups in total. The van der Waals surface area contributed by atoms with Crippen molar-refractivity contribution in [2.75, 3.05) is 0 Å². The van der Waals surface area contributed by atoms with Crippen LogP contribution in [0.4, 0.5) is 0 Å². The summed E-state index contributed by atoms with van der Waals surface area (Å²) in [6.45, 7) is 1.88. The molecule has 0 radical (unpaired) electrons. The van der Waals surface area contributed by atoms with Crippen LogP contribution >= 0.6 is 11.8 Å². The minimum Gasteiger partial charge on any atom is -0.290 e. The average Bonchev–Trinajstić information content (AvgIpc) is 2.74. The van der Waals surface area contributed by atoms with Gasteiger partial charge in [-0.15, -0.1) is 0 Å². The van der Waals surface area contributed by atoms with Crippen LogP contribution in [0.1, 0.15) is 11.4 Å². The van der Waals surface area contributed by atoms with Gasteiger partial charge in [0, 0.05) is 24.6 Å². The second-order valence-corrected chi connectivity index (χ2v) is 8.15. The third-order valence-electron chi connectivity index (χ3n) is 5.18. The van der Waals surface area contributed by atoms with Gasteiger partial charge in [0.05, 0.1) is 16.6 Å². The van der Waals surface area contributed by atoms with Crippen molar-refractivity contribution in [3.05, 3.63) is 92.8 Å². The molecule has 7 heteroatoms. The number of hydrogen-bond acceptors (Lipinski definition) is 5. The molecule has 0 aliphatic rings. The van der Waals surface area contributed by atoms with Gasteiger partial charge in [-0.3, -0.25) is 18.6 Å². The number of nitrogens with zero attached hydrogens (tertiary/aromatic N) is 4. The quantitative estimate of drug-likeness (QED) is 0.256. The van der Waals surface area contributed by atoms with E-state index in [1.807, 2.05) is 61.5 Å². The number of benzene rings is 2. The van der Waals surface area contributed by atoms with Crippen LogP contribution in [0, 0.1) is 6.92 Å². The molecule has 0 aliphatic heterocycles. The van der Waals surface area contributed by atoms with Gasteiger partial charge in [-0.2, -0.15) is 0 Å². The number of aromatic nitrogens is 4. The van der Waals surface area contributed by atoms with Crippen molar-refractivity contribution in [1.29, 1.82) is 0 Å². The Morgan fingerprint density at radius 3 is 2.50 bits per heavy atom. The number of fused-ring (bicyclic) bond motifs is 3. The molecule has 0 aliphatic carbocycles. The molecular formula is C23H18N4O2S. The summed E-state index contributed by atoms with van der Waals surface area (Å²) < 4.78 is 3.14. The first kappa shape index (κ1) is 18.6. The van der Waals surface area contributed by atoms with E-state index in [4.69, 9.17) is 4.98 Å². The third kappa shape index (κ3) is 3.07. The van der Waals surface area contributed by atoms with Gasteiger partial charge >= 0.3 is 0 Å². The van der Waals surface area contributed by atoms with E-state index in [-0.39, 0.29) is 11.1 Å². The summed E-state index contributed by atoms with van der Waals surface area (Å²) in [7, 11) is 1.72. The fourth-order valence-corrected chi connectivity index (χ4v) is 4.51. The summed E-state index contributed by atoms with van der Waals surface area (Å²) in [5, 5.41) is 3.24. The second-order valence-electron chi connectivity index (χ2n) is 7.21. The first-order valence-electron chi connectivity index (χ1n) is 9.52. The van der Waals surface area contributed by atoms with Gasteiger partial charge in [-0.1, -0.05) is 42.1 Å². The third-order valence-corrected chi connectivity index (χ3v) is 6.25. The molecule has 0 saturated carbocycles. The zero-order chi connectivity index (χ0) is 20.8. The van der Waals surface area contributed by atoms with Gasteiger partial charge in [-0.05, 0) is 42.0 Å². The Morgan fingerprint density at radius 1 is 0.933 bits per heavy atom. The Morgan fingerprint density at radius 2 is 1.70 bits per heavy atom. The van der Waals surface area contributed by atoms with E-state index in [1.165, 1.54) is 11.8 Å². The van der Waals surface area contributed by atoms with Gasteiger partial charge in [0.15, 0.2) is 5.16 Å². The minimum absolute atomic E-state index is 0.0876. The Labute approximate surface area is 175 Å². The predicted octanol–water partition coefficient (Wildman–Crippen LogP) is 3.70. The molecule has 5 aromatic rings. The van der Waals surface area contributed by atoms with Crippen molar-refractivity contribution in [3.8, 4) is 0 Å². The van der Waals surface area contributed by atoms with Crippen molar-refractivity contribution < 1.29 is 0 Å². The molecule has 5 rings (SSSR count). The fourth-order valence-electron chi connectivity index (χ4n) is 3.64. The molecule has 3 aromatic heterocycles. The zero-order valence-electron chi connectivity index (χ0n) is 16.5. The van der Waals surface area contributed by atoms with Gasteiger partial charge in [0.1, 0.15) is 5.65 Å². The molecule has 30 heavy (non-hydrogen) atoms. The molecule has 0 fully saturated rings. The number of hydrogen-bond donors (Lipinski definition) is 0. The van der Waals surface area contributed by atoms with Crippen LogP contribution in [0.5, 0.6) is 0 Å². The molecule has 148 valence electrons. The highest BCUT2D eigenvalue weighted by atomic mass is 32.2. The first-order valence-corrected chi connectivity index (χ1v) is 10.5. The van der Waals surface area contributed by atoms with Gasteiger partial charge < -0.3 is 0 Å². The molecule has 0 bridgehead atoms. The lowest BCUT2D eigenvalue weighted by molar-refractivity contribution is 0.726. The number of thioether (sulfide) groups is 1. The summed E-state index contributed by atoms with van der Waals surface area (Å²) in [6, 6.07) is 18.9. The smallest absolute Gasteiger partial charge is 0.261 e. The zero-order valence-corrected chi connectivity index (χ0v) is 17.3. The second kappa shape index (κ2) is 7.11. The van der Waals surface area contributed by atoms with Crippen LogP contribution in [0.25, 0.3) is 27.3 Å². The van der Waals surface area contributed by atoms with E-state index < -0.39 is 0 Å². The Bertz CT molecular complexity index is 1570. The highest BCUT2D eigenvalue weighted by molar-refractivity contribution is 7.98. The Kier molecular flexibility index (Phi) is 4.40. The maximum atomic E-state index is 12.9. The maximum Gasteiger partial charge on any atom is 0.261 e.